The topological polar surface area (TPSA) is 67.4 Å². The molecule has 0 unspecified atom stereocenters. The molecule has 0 saturated carbocycles. The van der Waals surface area contributed by atoms with E-state index in [-0.39, 0.29) is 11.8 Å². The summed E-state index contributed by atoms with van der Waals surface area (Å²) in [5.74, 6) is -0.120. The number of benzene rings is 2. The quantitative estimate of drug-likeness (QED) is 0.742. The van der Waals surface area contributed by atoms with Gasteiger partial charge in [-0.1, -0.05) is 29.8 Å². The van der Waals surface area contributed by atoms with E-state index in [1.165, 1.54) is 0 Å². The second-order valence-corrected chi connectivity index (χ2v) is 5.68. The van der Waals surface area contributed by atoms with Crippen LogP contribution in [-0.4, -0.2) is 24.5 Å². The molecule has 6 heteroatoms. The van der Waals surface area contributed by atoms with Gasteiger partial charge in [0.25, 0.3) is 11.8 Å². The van der Waals surface area contributed by atoms with Gasteiger partial charge in [0, 0.05) is 11.6 Å². The predicted octanol–water partition coefficient (Wildman–Crippen LogP) is 3.66. The molecule has 0 heterocycles. The van der Waals surface area contributed by atoms with E-state index in [1.807, 2.05) is 0 Å². The van der Waals surface area contributed by atoms with Crippen molar-refractivity contribution in [1.29, 1.82) is 0 Å². The summed E-state index contributed by atoms with van der Waals surface area (Å²) in [6.07, 6.45) is 0.840. The number of ether oxygens (including phenoxy) is 1. The third-order valence-electron chi connectivity index (χ3n) is 3.33. The highest BCUT2D eigenvalue weighted by Crippen LogP contribution is 2.19. The standard InChI is InChI=1S/C19H19ClN2O3/c1-3-12-21-19(24)16-6-4-5-7-17(16)22-18(23)13(2)25-15-10-8-14(20)9-11-15/h3-11,13H,1,12H2,2H3,(H,21,24)(H,22,23)/t13-/m0/s1. The van der Waals surface area contributed by atoms with Crippen molar-refractivity contribution in [1.82, 2.24) is 5.32 Å². The van der Waals surface area contributed by atoms with Crippen molar-refractivity contribution in [2.45, 2.75) is 13.0 Å². The first kappa shape index (κ1) is 18.5. The van der Waals surface area contributed by atoms with Crippen LogP contribution in [0.3, 0.4) is 0 Å². The average Bonchev–Trinajstić information content (AvgIpc) is 2.62. The lowest BCUT2D eigenvalue weighted by Gasteiger charge is -2.16. The maximum Gasteiger partial charge on any atom is 0.265 e. The van der Waals surface area contributed by atoms with Gasteiger partial charge in [-0.25, -0.2) is 0 Å². The summed E-state index contributed by atoms with van der Waals surface area (Å²) in [4.78, 5) is 24.5. The van der Waals surface area contributed by atoms with Crippen molar-refractivity contribution in [3.8, 4) is 5.75 Å². The largest absolute Gasteiger partial charge is 0.481 e. The highest BCUT2D eigenvalue weighted by atomic mass is 35.5. The fraction of sp³-hybridized carbons (Fsp3) is 0.158. The van der Waals surface area contributed by atoms with E-state index < -0.39 is 6.10 Å². The normalized spacial score (nSPS) is 11.3. The Hall–Kier alpha value is -2.79. The van der Waals surface area contributed by atoms with E-state index in [0.29, 0.717) is 28.6 Å². The molecule has 0 bridgehead atoms. The number of para-hydroxylation sites is 1. The molecule has 0 aromatic heterocycles. The minimum Gasteiger partial charge on any atom is -0.481 e. The van der Waals surface area contributed by atoms with E-state index in [4.69, 9.17) is 16.3 Å². The van der Waals surface area contributed by atoms with Crippen LogP contribution in [0.5, 0.6) is 5.75 Å². The van der Waals surface area contributed by atoms with Crippen molar-refractivity contribution in [2.75, 3.05) is 11.9 Å². The molecule has 2 rings (SSSR count). The minimum absolute atomic E-state index is 0.290. The molecular formula is C19H19ClN2O3. The summed E-state index contributed by atoms with van der Waals surface area (Å²) in [5.41, 5.74) is 0.789. The van der Waals surface area contributed by atoms with Crippen LogP contribution in [0.2, 0.25) is 5.02 Å². The maximum atomic E-state index is 12.4. The van der Waals surface area contributed by atoms with Gasteiger partial charge < -0.3 is 15.4 Å². The Morgan fingerprint density at radius 2 is 1.88 bits per heavy atom. The summed E-state index contributed by atoms with van der Waals surface area (Å²) in [6.45, 7) is 5.53. The SMILES string of the molecule is C=CCNC(=O)c1ccccc1NC(=O)[C@H](C)Oc1ccc(Cl)cc1. The number of rotatable bonds is 7. The smallest absolute Gasteiger partial charge is 0.265 e. The van der Waals surface area contributed by atoms with Crippen molar-refractivity contribution in [2.24, 2.45) is 0 Å². The number of halogens is 1. The van der Waals surface area contributed by atoms with Crippen LogP contribution < -0.4 is 15.4 Å². The molecule has 25 heavy (non-hydrogen) atoms. The summed E-state index contributed by atoms with van der Waals surface area (Å²) < 4.78 is 5.58. The fourth-order valence-corrected chi connectivity index (χ4v) is 2.18. The van der Waals surface area contributed by atoms with Crippen molar-refractivity contribution in [3.05, 3.63) is 71.8 Å². The van der Waals surface area contributed by atoms with Crippen LogP contribution in [0.4, 0.5) is 5.69 Å². The lowest BCUT2D eigenvalue weighted by Crippen LogP contribution is -2.31. The van der Waals surface area contributed by atoms with Crippen molar-refractivity contribution >= 4 is 29.1 Å². The molecular weight excluding hydrogens is 340 g/mol. The molecule has 2 N–H and O–H groups in total. The van der Waals surface area contributed by atoms with Crippen LogP contribution in [0.1, 0.15) is 17.3 Å². The fourth-order valence-electron chi connectivity index (χ4n) is 2.06. The number of hydrogen-bond acceptors (Lipinski definition) is 3. The van der Waals surface area contributed by atoms with Crippen molar-refractivity contribution in [3.63, 3.8) is 0 Å². The minimum atomic E-state index is -0.745. The third-order valence-corrected chi connectivity index (χ3v) is 3.58. The first-order valence-electron chi connectivity index (χ1n) is 7.72. The zero-order valence-electron chi connectivity index (χ0n) is 13.8. The Labute approximate surface area is 151 Å². The molecule has 0 saturated heterocycles. The zero-order valence-corrected chi connectivity index (χ0v) is 14.5. The predicted molar refractivity (Wildman–Crippen MR) is 99.1 cm³/mol. The Morgan fingerprint density at radius 3 is 2.56 bits per heavy atom. The number of anilines is 1. The van der Waals surface area contributed by atoms with E-state index in [1.54, 1.807) is 61.5 Å². The molecule has 0 spiro atoms. The van der Waals surface area contributed by atoms with Crippen LogP contribution >= 0.6 is 11.6 Å². The van der Waals surface area contributed by atoms with Crippen LogP contribution in [0.25, 0.3) is 0 Å². The second-order valence-electron chi connectivity index (χ2n) is 5.25. The number of hydrogen-bond donors (Lipinski definition) is 2. The highest BCUT2D eigenvalue weighted by molar-refractivity contribution is 6.30. The summed E-state index contributed by atoms with van der Waals surface area (Å²) in [6, 6.07) is 13.5. The van der Waals surface area contributed by atoms with Gasteiger partial charge in [0.05, 0.1) is 11.3 Å². The van der Waals surface area contributed by atoms with Gasteiger partial charge in [0.15, 0.2) is 6.10 Å². The van der Waals surface area contributed by atoms with Gasteiger partial charge in [0.1, 0.15) is 5.75 Å². The van der Waals surface area contributed by atoms with Gasteiger partial charge >= 0.3 is 0 Å². The van der Waals surface area contributed by atoms with Crippen LogP contribution in [-0.2, 0) is 4.79 Å². The van der Waals surface area contributed by atoms with Gasteiger partial charge in [0.2, 0.25) is 0 Å². The Morgan fingerprint density at radius 1 is 1.20 bits per heavy atom. The average molecular weight is 359 g/mol. The molecule has 2 aromatic carbocycles. The first-order chi connectivity index (χ1) is 12.0. The van der Waals surface area contributed by atoms with Crippen LogP contribution in [0.15, 0.2) is 61.2 Å². The summed E-state index contributed by atoms with van der Waals surface area (Å²) in [5, 5.41) is 5.99. The van der Waals surface area contributed by atoms with Crippen LogP contribution in [0, 0.1) is 0 Å². The number of carbonyl (C=O) groups is 2. The second kappa shape index (κ2) is 8.89. The lowest BCUT2D eigenvalue weighted by atomic mass is 10.1. The van der Waals surface area contributed by atoms with E-state index >= 15 is 0 Å². The zero-order chi connectivity index (χ0) is 18.2. The monoisotopic (exact) mass is 358 g/mol. The highest BCUT2D eigenvalue weighted by Gasteiger charge is 2.18. The lowest BCUT2D eigenvalue weighted by molar-refractivity contribution is -0.122. The van der Waals surface area contributed by atoms with E-state index in [0.717, 1.165) is 0 Å². The molecule has 2 aromatic rings. The summed E-state index contributed by atoms with van der Waals surface area (Å²) >= 11 is 5.82. The van der Waals surface area contributed by atoms with Gasteiger partial charge in [-0.2, -0.15) is 0 Å². The molecule has 0 aliphatic rings. The molecule has 1 atom stereocenters. The Balaban J connectivity index is 2.05. The Bertz CT molecular complexity index is 760. The molecule has 2 amide bonds. The first-order valence-corrected chi connectivity index (χ1v) is 8.10. The molecule has 0 aliphatic carbocycles. The third kappa shape index (κ3) is 5.36. The molecule has 0 radical (unpaired) electrons. The number of carbonyl (C=O) groups excluding carboxylic acids is 2. The molecule has 0 fully saturated rings. The van der Waals surface area contributed by atoms with E-state index in [2.05, 4.69) is 17.2 Å². The van der Waals surface area contributed by atoms with Gasteiger partial charge in [-0.15, -0.1) is 6.58 Å². The molecule has 5 nitrogen and oxygen atoms in total. The number of nitrogens with one attached hydrogen (secondary N) is 2. The molecule has 0 aliphatic heterocycles. The van der Waals surface area contributed by atoms with Crippen molar-refractivity contribution < 1.29 is 14.3 Å². The summed E-state index contributed by atoms with van der Waals surface area (Å²) in [7, 11) is 0. The number of amides is 2. The van der Waals surface area contributed by atoms with Gasteiger partial charge in [-0.3, -0.25) is 9.59 Å². The van der Waals surface area contributed by atoms with Gasteiger partial charge in [-0.05, 0) is 43.3 Å². The Kier molecular flexibility index (Phi) is 6.60. The van der Waals surface area contributed by atoms with E-state index in [9.17, 15) is 9.59 Å². The maximum absolute atomic E-state index is 12.4. The molecule has 130 valence electrons.